The molecule has 2 rings (SSSR count). The number of ether oxygens (including phenoxy) is 2. The summed E-state index contributed by atoms with van der Waals surface area (Å²) in [7, 11) is 1.30. The summed E-state index contributed by atoms with van der Waals surface area (Å²) in [5, 5.41) is 2.50. The van der Waals surface area contributed by atoms with Crippen molar-refractivity contribution < 1.29 is 14.3 Å². The number of nitrogens with zero attached hydrogens (tertiary/aromatic N) is 1. The lowest BCUT2D eigenvalue weighted by molar-refractivity contribution is 0.187. The lowest BCUT2D eigenvalue weighted by atomic mass is 10.3. The van der Waals surface area contributed by atoms with Crippen molar-refractivity contribution in [3.8, 4) is 11.6 Å². The predicted octanol–water partition coefficient (Wildman–Crippen LogP) is 3.05. The molecule has 0 aliphatic heterocycles. The zero-order valence-corrected chi connectivity index (χ0v) is 9.79. The molecule has 1 aromatic heterocycles. The third-order valence-electron chi connectivity index (χ3n) is 2.13. The van der Waals surface area contributed by atoms with Crippen molar-refractivity contribution in [2.24, 2.45) is 0 Å². The van der Waals surface area contributed by atoms with Gasteiger partial charge in [-0.2, -0.15) is 0 Å². The fraction of sp³-hybridized carbons (Fsp3) is 0.0769. The summed E-state index contributed by atoms with van der Waals surface area (Å²) in [5.74, 6) is 1.16. The van der Waals surface area contributed by atoms with E-state index in [0.29, 0.717) is 17.3 Å². The summed E-state index contributed by atoms with van der Waals surface area (Å²) < 4.78 is 9.98. The first-order chi connectivity index (χ1) is 8.78. The van der Waals surface area contributed by atoms with Crippen LogP contribution in [0.5, 0.6) is 11.6 Å². The quantitative estimate of drug-likeness (QED) is 0.901. The van der Waals surface area contributed by atoms with Gasteiger partial charge in [-0.1, -0.05) is 18.2 Å². The van der Waals surface area contributed by atoms with Crippen molar-refractivity contribution in [1.82, 2.24) is 4.98 Å². The number of rotatable bonds is 3. The minimum Gasteiger partial charge on any atom is -0.453 e. The number of carbonyl (C=O) groups excluding carboxylic acids is 1. The smallest absolute Gasteiger partial charge is 0.411 e. The van der Waals surface area contributed by atoms with E-state index < -0.39 is 6.09 Å². The number of benzene rings is 1. The first-order valence-electron chi connectivity index (χ1n) is 5.32. The molecule has 18 heavy (non-hydrogen) atoms. The molecule has 0 aliphatic carbocycles. The van der Waals surface area contributed by atoms with Crippen LogP contribution in [0.3, 0.4) is 0 Å². The highest BCUT2D eigenvalue weighted by Gasteiger charge is 2.02. The van der Waals surface area contributed by atoms with Crippen LogP contribution in [0.4, 0.5) is 10.5 Å². The number of carbonyl (C=O) groups is 1. The first-order valence-corrected chi connectivity index (χ1v) is 5.32. The summed E-state index contributed by atoms with van der Waals surface area (Å²) in [6.07, 6.45) is 0.961. The van der Waals surface area contributed by atoms with E-state index >= 15 is 0 Å². The normalized spacial score (nSPS) is 9.61. The molecule has 1 amide bonds. The van der Waals surface area contributed by atoms with E-state index in [1.165, 1.54) is 13.3 Å². The Hall–Kier alpha value is -2.56. The van der Waals surface area contributed by atoms with Gasteiger partial charge >= 0.3 is 6.09 Å². The van der Waals surface area contributed by atoms with Gasteiger partial charge in [-0.3, -0.25) is 5.32 Å². The predicted molar refractivity (Wildman–Crippen MR) is 66.8 cm³/mol. The molecule has 1 aromatic carbocycles. The van der Waals surface area contributed by atoms with Crippen LogP contribution in [0.25, 0.3) is 0 Å². The average molecular weight is 244 g/mol. The van der Waals surface area contributed by atoms with Crippen LogP contribution in [-0.4, -0.2) is 18.2 Å². The molecule has 0 bridgehead atoms. The highest BCUT2D eigenvalue weighted by atomic mass is 16.5. The molecule has 1 N–H and O–H groups in total. The van der Waals surface area contributed by atoms with Crippen molar-refractivity contribution in [3.63, 3.8) is 0 Å². The van der Waals surface area contributed by atoms with E-state index in [1.807, 2.05) is 30.3 Å². The SMILES string of the molecule is COC(=O)Nc1ccc(Oc2ccccc2)nc1. The van der Waals surface area contributed by atoms with E-state index in [0.717, 1.165) is 0 Å². The standard InChI is InChI=1S/C13H12N2O3/c1-17-13(16)15-10-7-8-12(14-9-10)18-11-5-3-2-4-6-11/h2-9H,1H3,(H,15,16). The van der Waals surface area contributed by atoms with E-state index in [1.54, 1.807) is 12.1 Å². The van der Waals surface area contributed by atoms with E-state index in [4.69, 9.17) is 4.74 Å². The molecule has 0 radical (unpaired) electrons. The molecule has 0 saturated carbocycles. The maximum absolute atomic E-state index is 11.0. The highest BCUT2D eigenvalue weighted by molar-refractivity contribution is 5.84. The minimum atomic E-state index is -0.534. The van der Waals surface area contributed by atoms with Gasteiger partial charge in [0.1, 0.15) is 5.75 Å². The summed E-state index contributed by atoms with van der Waals surface area (Å²) in [6.45, 7) is 0. The maximum atomic E-state index is 11.0. The minimum absolute atomic E-state index is 0.455. The van der Waals surface area contributed by atoms with Gasteiger partial charge in [0.2, 0.25) is 5.88 Å². The molecule has 0 atom stereocenters. The Balaban J connectivity index is 2.02. The van der Waals surface area contributed by atoms with Crippen molar-refractivity contribution in [2.45, 2.75) is 0 Å². The molecular formula is C13H12N2O3. The number of aromatic nitrogens is 1. The van der Waals surface area contributed by atoms with Gasteiger partial charge in [-0.15, -0.1) is 0 Å². The number of methoxy groups -OCH3 is 1. The van der Waals surface area contributed by atoms with Crippen molar-refractivity contribution >= 4 is 11.8 Å². The van der Waals surface area contributed by atoms with Crippen LogP contribution < -0.4 is 10.1 Å². The molecule has 1 heterocycles. The lowest BCUT2D eigenvalue weighted by Crippen LogP contribution is -2.10. The molecule has 5 nitrogen and oxygen atoms in total. The molecule has 5 heteroatoms. The van der Waals surface area contributed by atoms with Crippen LogP contribution in [-0.2, 0) is 4.74 Å². The molecule has 0 spiro atoms. The van der Waals surface area contributed by atoms with Crippen LogP contribution in [0.15, 0.2) is 48.7 Å². The second-order valence-corrected chi connectivity index (χ2v) is 3.42. The Kier molecular flexibility index (Phi) is 3.76. The van der Waals surface area contributed by atoms with E-state index in [9.17, 15) is 4.79 Å². The van der Waals surface area contributed by atoms with Gasteiger partial charge in [-0.05, 0) is 18.2 Å². The Labute approximate surface area is 104 Å². The molecule has 0 saturated heterocycles. The molecule has 0 fully saturated rings. The summed E-state index contributed by atoms with van der Waals surface area (Å²) in [4.78, 5) is 15.0. The van der Waals surface area contributed by atoms with Gasteiger partial charge in [0.25, 0.3) is 0 Å². The number of pyridine rings is 1. The van der Waals surface area contributed by atoms with Gasteiger partial charge in [0.05, 0.1) is 19.0 Å². The number of hydrogen-bond acceptors (Lipinski definition) is 4. The van der Waals surface area contributed by atoms with Crippen LogP contribution in [0.1, 0.15) is 0 Å². The molecule has 0 aliphatic rings. The Morgan fingerprint density at radius 2 is 1.94 bits per heavy atom. The average Bonchev–Trinajstić information content (AvgIpc) is 2.42. The zero-order chi connectivity index (χ0) is 12.8. The maximum Gasteiger partial charge on any atom is 0.411 e. The summed E-state index contributed by atoms with van der Waals surface area (Å²) in [6, 6.07) is 12.7. The Morgan fingerprint density at radius 3 is 2.56 bits per heavy atom. The fourth-order valence-corrected chi connectivity index (χ4v) is 1.29. The van der Waals surface area contributed by atoms with Gasteiger partial charge in [0.15, 0.2) is 0 Å². The number of para-hydroxylation sites is 1. The van der Waals surface area contributed by atoms with Crippen LogP contribution in [0.2, 0.25) is 0 Å². The lowest BCUT2D eigenvalue weighted by Gasteiger charge is -2.06. The topological polar surface area (TPSA) is 60.5 Å². The zero-order valence-electron chi connectivity index (χ0n) is 9.79. The van der Waals surface area contributed by atoms with Crippen molar-refractivity contribution in [3.05, 3.63) is 48.7 Å². The highest BCUT2D eigenvalue weighted by Crippen LogP contribution is 2.19. The second-order valence-electron chi connectivity index (χ2n) is 3.42. The van der Waals surface area contributed by atoms with Gasteiger partial charge in [0, 0.05) is 6.07 Å². The number of anilines is 1. The van der Waals surface area contributed by atoms with Crippen LogP contribution >= 0.6 is 0 Å². The molecular weight excluding hydrogens is 232 g/mol. The van der Waals surface area contributed by atoms with Gasteiger partial charge < -0.3 is 9.47 Å². The Morgan fingerprint density at radius 1 is 1.17 bits per heavy atom. The number of nitrogens with one attached hydrogen (secondary N) is 1. The Bertz CT molecular complexity index is 512. The van der Waals surface area contributed by atoms with Crippen molar-refractivity contribution in [2.75, 3.05) is 12.4 Å². The third-order valence-corrected chi connectivity index (χ3v) is 2.13. The largest absolute Gasteiger partial charge is 0.453 e. The van der Waals surface area contributed by atoms with E-state index in [2.05, 4.69) is 15.0 Å². The van der Waals surface area contributed by atoms with Crippen LogP contribution in [0, 0.1) is 0 Å². The third kappa shape index (κ3) is 3.21. The summed E-state index contributed by atoms with van der Waals surface area (Å²) in [5.41, 5.74) is 0.544. The number of amides is 1. The molecule has 2 aromatic rings. The van der Waals surface area contributed by atoms with E-state index in [-0.39, 0.29) is 0 Å². The van der Waals surface area contributed by atoms with Crippen molar-refractivity contribution in [1.29, 1.82) is 0 Å². The monoisotopic (exact) mass is 244 g/mol. The first kappa shape index (κ1) is 11.9. The number of hydrogen-bond donors (Lipinski definition) is 1. The molecule has 92 valence electrons. The second kappa shape index (κ2) is 5.67. The fourth-order valence-electron chi connectivity index (χ4n) is 1.29. The summed E-state index contributed by atoms with van der Waals surface area (Å²) >= 11 is 0. The van der Waals surface area contributed by atoms with Gasteiger partial charge in [-0.25, -0.2) is 9.78 Å². The molecule has 0 unspecified atom stereocenters.